The third-order valence-corrected chi connectivity index (χ3v) is 11.5. The molecule has 0 radical (unpaired) electrons. The van der Waals surface area contributed by atoms with Crippen LogP contribution in [0, 0.1) is 29.6 Å². The van der Waals surface area contributed by atoms with Crippen molar-refractivity contribution in [3.05, 3.63) is 24.3 Å². The predicted octanol–water partition coefficient (Wildman–Crippen LogP) is 8.20. The van der Waals surface area contributed by atoms with Gasteiger partial charge < -0.3 is 10.2 Å². The molecule has 0 aromatic heterocycles. The summed E-state index contributed by atoms with van der Waals surface area (Å²) >= 11 is 0. The van der Waals surface area contributed by atoms with E-state index >= 15 is 0 Å². The van der Waals surface area contributed by atoms with Crippen molar-refractivity contribution in [2.75, 3.05) is 0 Å². The molecule has 0 bridgehead atoms. The van der Waals surface area contributed by atoms with E-state index in [2.05, 4.69) is 36.1 Å². The lowest BCUT2D eigenvalue weighted by molar-refractivity contribution is 0.00948. The molecule has 0 aromatic carbocycles. The molecular formula is C35H59NO2. The van der Waals surface area contributed by atoms with Crippen LogP contribution in [0.25, 0.3) is 0 Å². The Morgan fingerprint density at radius 3 is 1.34 bits per heavy atom. The maximum atomic E-state index is 10.0. The van der Waals surface area contributed by atoms with Gasteiger partial charge in [0.1, 0.15) is 0 Å². The lowest BCUT2D eigenvalue weighted by atomic mass is 9.77. The minimum Gasteiger partial charge on any atom is -0.393 e. The maximum absolute atomic E-state index is 10.0. The Morgan fingerprint density at radius 2 is 0.868 bits per heavy atom. The van der Waals surface area contributed by atoms with Crippen molar-refractivity contribution < 1.29 is 10.2 Å². The van der Waals surface area contributed by atoms with Gasteiger partial charge in [0, 0.05) is 18.1 Å². The van der Waals surface area contributed by atoms with Crippen molar-refractivity contribution in [3.8, 4) is 0 Å². The smallest absolute Gasteiger partial charge is 0.0545 e. The van der Waals surface area contributed by atoms with Crippen molar-refractivity contribution >= 4 is 0 Å². The van der Waals surface area contributed by atoms with Crippen molar-refractivity contribution in [3.63, 3.8) is 0 Å². The van der Waals surface area contributed by atoms with Crippen LogP contribution in [-0.2, 0) is 0 Å². The van der Waals surface area contributed by atoms with Crippen LogP contribution in [0.2, 0.25) is 0 Å². The first-order valence-corrected chi connectivity index (χ1v) is 17.0. The molecule has 2 unspecified atom stereocenters. The molecule has 0 saturated heterocycles. The van der Waals surface area contributed by atoms with Crippen LogP contribution in [0.5, 0.6) is 0 Å². The van der Waals surface area contributed by atoms with Gasteiger partial charge in [-0.15, -0.1) is 0 Å². The van der Waals surface area contributed by atoms with Crippen LogP contribution < -0.4 is 0 Å². The van der Waals surface area contributed by atoms with E-state index in [1.807, 2.05) is 0 Å². The van der Waals surface area contributed by atoms with Crippen LogP contribution in [0.3, 0.4) is 0 Å². The maximum Gasteiger partial charge on any atom is 0.0545 e. The van der Waals surface area contributed by atoms with Gasteiger partial charge >= 0.3 is 0 Å². The van der Waals surface area contributed by atoms with Gasteiger partial charge in [-0.25, -0.2) is 0 Å². The highest BCUT2D eigenvalue weighted by Gasteiger charge is 2.37. The van der Waals surface area contributed by atoms with E-state index in [-0.39, 0.29) is 12.2 Å². The molecule has 0 spiro atoms. The molecule has 3 nitrogen and oxygen atoms in total. The number of aliphatic hydroxyl groups excluding tert-OH is 2. The van der Waals surface area contributed by atoms with Gasteiger partial charge in [0.15, 0.2) is 0 Å². The van der Waals surface area contributed by atoms with Crippen LogP contribution in [0.4, 0.5) is 0 Å². The van der Waals surface area contributed by atoms with E-state index < -0.39 is 0 Å². The molecule has 5 aliphatic rings. The molecule has 0 amide bonds. The lowest BCUT2D eigenvalue weighted by Gasteiger charge is -2.49. The topological polar surface area (TPSA) is 43.7 Å². The summed E-state index contributed by atoms with van der Waals surface area (Å²) in [6, 6.07) is 2.45. The summed E-state index contributed by atoms with van der Waals surface area (Å²) in [4.78, 5) is 3.12. The summed E-state index contributed by atoms with van der Waals surface area (Å²) < 4.78 is 0. The van der Waals surface area contributed by atoms with Crippen molar-refractivity contribution in [1.29, 1.82) is 0 Å². The summed E-state index contributed by atoms with van der Waals surface area (Å²) in [6.45, 7) is 2.47. The standard InChI is InChI=1S/C35H59NO2/c1-26-5-17-31(18-6-26)36(32-19-11-27(12-20-32)7-8-29-15-23-34(37)24-16-29)33-21-13-28(14-22-33)9-10-30-3-2-4-35(38)25-30/h7-10,26-35,37-38H,2-6,11-25H2,1H3. The van der Waals surface area contributed by atoms with E-state index in [0.29, 0.717) is 11.8 Å². The highest BCUT2D eigenvalue weighted by atomic mass is 16.3. The number of nitrogens with zero attached hydrogens (tertiary/aromatic N) is 1. The second kappa shape index (κ2) is 14.3. The van der Waals surface area contributed by atoms with Crippen LogP contribution in [0.15, 0.2) is 24.3 Å². The van der Waals surface area contributed by atoms with Crippen LogP contribution in [0.1, 0.15) is 135 Å². The molecule has 0 aliphatic heterocycles. The van der Waals surface area contributed by atoms with Crippen LogP contribution in [-0.4, -0.2) is 45.4 Å². The second-order valence-electron chi connectivity index (χ2n) is 14.4. The lowest BCUT2D eigenvalue weighted by Crippen LogP contribution is -2.52. The fraction of sp³-hybridized carbons (Fsp3) is 0.886. The van der Waals surface area contributed by atoms with Crippen molar-refractivity contribution in [2.24, 2.45) is 29.6 Å². The number of hydrogen-bond acceptors (Lipinski definition) is 3. The largest absolute Gasteiger partial charge is 0.393 e. The predicted molar refractivity (Wildman–Crippen MR) is 159 cm³/mol. The molecule has 5 aliphatic carbocycles. The van der Waals surface area contributed by atoms with E-state index in [0.717, 1.165) is 61.6 Å². The first-order chi connectivity index (χ1) is 18.5. The van der Waals surface area contributed by atoms with E-state index in [1.165, 1.54) is 103 Å². The fourth-order valence-electron chi connectivity index (χ4n) is 8.92. The minimum absolute atomic E-state index is 0.0409. The first kappa shape index (κ1) is 28.9. The molecule has 0 aromatic rings. The summed E-state index contributed by atoms with van der Waals surface area (Å²) in [6.07, 6.45) is 35.6. The zero-order chi connectivity index (χ0) is 26.3. The van der Waals surface area contributed by atoms with Crippen molar-refractivity contribution in [2.45, 2.75) is 166 Å². The number of aliphatic hydroxyl groups is 2. The average molecular weight is 526 g/mol. The average Bonchev–Trinajstić information content (AvgIpc) is 2.94. The van der Waals surface area contributed by atoms with Gasteiger partial charge in [0.2, 0.25) is 0 Å². The number of rotatable bonds is 7. The number of hydrogen-bond donors (Lipinski definition) is 2. The van der Waals surface area contributed by atoms with Gasteiger partial charge in [-0.1, -0.05) is 37.6 Å². The molecule has 5 rings (SSSR count). The molecule has 5 fully saturated rings. The zero-order valence-electron chi connectivity index (χ0n) is 24.6. The van der Waals surface area contributed by atoms with Gasteiger partial charge in [-0.2, -0.15) is 0 Å². The molecule has 2 N–H and O–H groups in total. The third-order valence-electron chi connectivity index (χ3n) is 11.5. The molecule has 3 heteroatoms. The minimum atomic E-state index is -0.0623. The van der Waals surface area contributed by atoms with E-state index in [1.54, 1.807) is 0 Å². The Kier molecular flexibility index (Phi) is 10.9. The first-order valence-electron chi connectivity index (χ1n) is 17.0. The molecule has 5 saturated carbocycles. The van der Waals surface area contributed by atoms with E-state index in [9.17, 15) is 10.2 Å². The van der Waals surface area contributed by atoms with Crippen molar-refractivity contribution in [1.82, 2.24) is 4.90 Å². The van der Waals surface area contributed by atoms with Gasteiger partial charge in [-0.05, 0) is 152 Å². The Balaban J connectivity index is 1.13. The summed E-state index contributed by atoms with van der Waals surface area (Å²) in [5, 5.41) is 19.9. The molecular weight excluding hydrogens is 466 g/mol. The Hall–Kier alpha value is -0.640. The molecule has 216 valence electrons. The third kappa shape index (κ3) is 8.20. The highest BCUT2D eigenvalue weighted by molar-refractivity contribution is 5.01. The summed E-state index contributed by atoms with van der Waals surface area (Å²) in [5.74, 6) is 3.80. The molecule has 2 atom stereocenters. The summed E-state index contributed by atoms with van der Waals surface area (Å²) in [7, 11) is 0. The van der Waals surface area contributed by atoms with Gasteiger partial charge in [0.05, 0.1) is 12.2 Å². The number of allylic oxidation sites excluding steroid dienone is 4. The molecule has 38 heavy (non-hydrogen) atoms. The summed E-state index contributed by atoms with van der Waals surface area (Å²) in [5.41, 5.74) is 0. The Labute approximate surface area is 234 Å². The Morgan fingerprint density at radius 1 is 0.447 bits per heavy atom. The van der Waals surface area contributed by atoms with Gasteiger partial charge in [-0.3, -0.25) is 4.90 Å². The zero-order valence-corrected chi connectivity index (χ0v) is 24.6. The van der Waals surface area contributed by atoms with Gasteiger partial charge in [0.25, 0.3) is 0 Å². The van der Waals surface area contributed by atoms with E-state index in [4.69, 9.17) is 0 Å². The Bertz CT molecular complexity index is 731. The highest BCUT2D eigenvalue weighted by Crippen LogP contribution is 2.40. The molecule has 0 heterocycles. The second-order valence-corrected chi connectivity index (χ2v) is 14.4. The monoisotopic (exact) mass is 525 g/mol. The van der Waals surface area contributed by atoms with Crippen LogP contribution >= 0.6 is 0 Å². The quantitative estimate of drug-likeness (QED) is 0.329. The SMILES string of the molecule is CC1CCC(N(C2CCC(C=CC3CCC(O)CC3)CC2)C2CCC(C=CC3CCCC(O)C3)CC2)CC1. The fourth-order valence-corrected chi connectivity index (χ4v) is 8.92. The normalized spacial score (nSPS) is 43.7.